The second-order valence-corrected chi connectivity index (χ2v) is 6.54. The summed E-state index contributed by atoms with van der Waals surface area (Å²) in [7, 11) is 0. The third kappa shape index (κ3) is 3.56. The van der Waals surface area contributed by atoms with E-state index < -0.39 is 0 Å². The highest BCUT2D eigenvalue weighted by Crippen LogP contribution is 2.24. The van der Waals surface area contributed by atoms with Crippen LogP contribution < -0.4 is 5.32 Å². The molecule has 3 aromatic rings. The highest BCUT2D eigenvalue weighted by atomic mass is 32.1. The molecule has 0 bridgehead atoms. The number of hydrogen-bond donors (Lipinski definition) is 1. The lowest BCUT2D eigenvalue weighted by Gasteiger charge is -2.01. The van der Waals surface area contributed by atoms with Gasteiger partial charge in [0.25, 0.3) is 5.91 Å². The van der Waals surface area contributed by atoms with Gasteiger partial charge < -0.3 is 5.32 Å². The van der Waals surface area contributed by atoms with Crippen LogP contribution in [-0.4, -0.2) is 17.4 Å². The maximum atomic E-state index is 12.1. The zero-order valence-corrected chi connectivity index (χ0v) is 12.9. The number of rotatable bonds is 5. The van der Waals surface area contributed by atoms with Gasteiger partial charge in [-0.25, -0.2) is 4.98 Å². The Labute approximate surface area is 131 Å². The molecule has 2 heterocycles. The first-order valence-electron chi connectivity index (χ1n) is 6.65. The molecule has 3 rings (SSSR count). The number of thiophene rings is 1. The summed E-state index contributed by atoms with van der Waals surface area (Å²) in [6.07, 6.45) is 2.52. The molecule has 0 atom stereocenters. The standard InChI is InChI=1S/C16H14N2OS2/c19-15(17-9-8-13-7-4-10-20-13)14-11-18-16(21-14)12-5-2-1-3-6-12/h1-7,10-11H,8-9H2,(H,17,19). The third-order valence-electron chi connectivity index (χ3n) is 2.99. The fourth-order valence-corrected chi connectivity index (χ4v) is 3.48. The Hall–Kier alpha value is -1.98. The van der Waals surface area contributed by atoms with Crippen molar-refractivity contribution in [1.82, 2.24) is 10.3 Å². The molecule has 21 heavy (non-hydrogen) atoms. The zero-order valence-electron chi connectivity index (χ0n) is 11.3. The van der Waals surface area contributed by atoms with E-state index in [9.17, 15) is 4.79 Å². The van der Waals surface area contributed by atoms with E-state index >= 15 is 0 Å². The maximum Gasteiger partial charge on any atom is 0.263 e. The summed E-state index contributed by atoms with van der Waals surface area (Å²) < 4.78 is 0. The lowest BCUT2D eigenvalue weighted by molar-refractivity contribution is 0.0958. The van der Waals surface area contributed by atoms with Gasteiger partial charge in [-0.1, -0.05) is 36.4 Å². The van der Waals surface area contributed by atoms with Crippen molar-refractivity contribution in [2.24, 2.45) is 0 Å². The van der Waals surface area contributed by atoms with E-state index in [1.165, 1.54) is 16.2 Å². The van der Waals surface area contributed by atoms with Crippen molar-refractivity contribution >= 4 is 28.6 Å². The monoisotopic (exact) mass is 314 g/mol. The van der Waals surface area contributed by atoms with Gasteiger partial charge in [0, 0.05) is 17.0 Å². The van der Waals surface area contributed by atoms with Crippen molar-refractivity contribution in [2.45, 2.75) is 6.42 Å². The molecular formula is C16H14N2OS2. The van der Waals surface area contributed by atoms with Crippen LogP contribution in [0.2, 0.25) is 0 Å². The number of carbonyl (C=O) groups excluding carboxylic acids is 1. The van der Waals surface area contributed by atoms with Gasteiger partial charge in [-0.15, -0.1) is 22.7 Å². The molecular weight excluding hydrogens is 300 g/mol. The molecule has 0 unspecified atom stereocenters. The number of nitrogens with zero attached hydrogens (tertiary/aromatic N) is 1. The van der Waals surface area contributed by atoms with E-state index in [2.05, 4.69) is 16.4 Å². The minimum absolute atomic E-state index is 0.0498. The molecule has 5 heteroatoms. The summed E-state index contributed by atoms with van der Waals surface area (Å²) in [5.41, 5.74) is 1.04. The van der Waals surface area contributed by atoms with Crippen molar-refractivity contribution in [2.75, 3.05) is 6.54 Å². The number of aromatic nitrogens is 1. The summed E-state index contributed by atoms with van der Waals surface area (Å²) in [5, 5.41) is 5.86. The molecule has 1 N–H and O–H groups in total. The summed E-state index contributed by atoms with van der Waals surface area (Å²) in [5.74, 6) is -0.0498. The average molecular weight is 314 g/mol. The maximum absolute atomic E-state index is 12.1. The Bertz CT molecular complexity index is 705. The SMILES string of the molecule is O=C(NCCc1cccs1)c1cnc(-c2ccccc2)s1. The Morgan fingerprint density at radius 3 is 2.76 bits per heavy atom. The molecule has 2 aromatic heterocycles. The van der Waals surface area contributed by atoms with Gasteiger partial charge in [0.2, 0.25) is 0 Å². The number of hydrogen-bond acceptors (Lipinski definition) is 4. The molecule has 3 nitrogen and oxygen atoms in total. The largest absolute Gasteiger partial charge is 0.351 e. The number of amides is 1. The number of carbonyl (C=O) groups is 1. The molecule has 0 aliphatic rings. The van der Waals surface area contributed by atoms with Crippen LogP contribution in [0.4, 0.5) is 0 Å². The highest BCUT2D eigenvalue weighted by molar-refractivity contribution is 7.16. The topological polar surface area (TPSA) is 42.0 Å². The van der Waals surface area contributed by atoms with Crippen LogP contribution in [0.1, 0.15) is 14.5 Å². The number of benzene rings is 1. The van der Waals surface area contributed by atoms with Crippen LogP contribution in [-0.2, 0) is 6.42 Å². The lowest BCUT2D eigenvalue weighted by atomic mass is 10.2. The minimum Gasteiger partial charge on any atom is -0.351 e. The van der Waals surface area contributed by atoms with Crippen LogP contribution in [0, 0.1) is 0 Å². The van der Waals surface area contributed by atoms with E-state index in [0.29, 0.717) is 11.4 Å². The van der Waals surface area contributed by atoms with Gasteiger partial charge in [-0.3, -0.25) is 4.79 Å². The molecule has 1 amide bonds. The predicted molar refractivity (Wildman–Crippen MR) is 87.9 cm³/mol. The van der Waals surface area contributed by atoms with Gasteiger partial charge in [0.05, 0.1) is 6.20 Å². The smallest absolute Gasteiger partial charge is 0.263 e. The van der Waals surface area contributed by atoms with Gasteiger partial charge >= 0.3 is 0 Å². The average Bonchev–Trinajstić information content (AvgIpc) is 3.20. The fraction of sp³-hybridized carbons (Fsp3) is 0.125. The lowest BCUT2D eigenvalue weighted by Crippen LogP contribution is -2.24. The third-order valence-corrected chi connectivity index (χ3v) is 4.97. The van der Waals surface area contributed by atoms with Gasteiger partial charge in [0.1, 0.15) is 9.88 Å². The predicted octanol–water partition coefficient (Wildman–Crippen LogP) is 3.84. The van der Waals surface area contributed by atoms with Crippen molar-refractivity contribution in [3.05, 3.63) is 63.8 Å². The Morgan fingerprint density at radius 1 is 1.14 bits per heavy atom. The van der Waals surface area contributed by atoms with Crippen LogP contribution in [0.25, 0.3) is 10.6 Å². The van der Waals surface area contributed by atoms with Crippen LogP contribution in [0.3, 0.4) is 0 Å². The highest BCUT2D eigenvalue weighted by Gasteiger charge is 2.11. The summed E-state index contributed by atoms with van der Waals surface area (Å²) in [6, 6.07) is 14.0. The van der Waals surface area contributed by atoms with E-state index in [1.54, 1.807) is 17.5 Å². The molecule has 0 radical (unpaired) electrons. The van der Waals surface area contributed by atoms with Crippen LogP contribution >= 0.6 is 22.7 Å². The first-order chi connectivity index (χ1) is 10.3. The van der Waals surface area contributed by atoms with Crippen LogP contribution in [0.15, 0.2) is 54.0 Å². The van der Waals surface area contributed by atoms with Crippen LogP contribution in [0.5, 0.6) is 0 Å². The molecule has 0 saturated carbocycles. The number of nitrogens with one attached hydrogen (secondary N) is 1. The summed E-state index contributed by atoms with van der Waals surface area (Å²) in [6.45, 7) is 0.651. The molecule has 1 aromatic carbocycles. The molecule has 0 aliphatic carbocycles. The van der Waals surface area contributed by atoms with Crippen molar-refractivity contribution < 1.29 is 4.79 Å². The second kappa shape index (κ2) is 6.65. The van der Waals surface area contributed by atoms with Gasteiger partial charge in [-0.05, 0) is 17.9 Å². The van der Waals surface area contributed by atoms with Crippen molar-refractivity contribution in [3.63, 3.8) is 0 Å². The van der Waals surface area contributed by atoms with E-state index in [0.717, 1.165) is 17.0 Å². The van der Waals surface area contributed by atoms with Gasteiger partial charge in [0.15, 0.2) is 0 Å². The first-order valence-corrected chi connectivity index (χ1v) is 8.34. The molecule has 0 spiro atoms. The Balaban J connectivity index is 1.59. The second-order valence-electron chi connectivity index (χ2n) is 4.48. The van der Waals surface area contributed by atoms with E-state index in [4.69, 9.17) is 0 Å². The fourth-order valence-electron chi connectivity index (χ4n) is 1.93. The van der Waals surface area contributed by atoms with Crippen molar-refractivity contribution in [3.8, 4) is 10.6 Å². The normalized spacial score (nSPS) is 10.5. The number of thiazole rings is 1. The summed E-state index contributed by atoms with van der Waals surface area (Å²) >= 11 is 3.13. The molecule has 0 fully saturated rings. The van der Waals surface area contributed by atoms with E-state index in [1.807, 2.05) is 41.8 Å². The minimum atomic E-state index is -0.0498. The van der Waals surface area contributed by atoms with Gasteiger partial charge in [-0.2, -0.15) is 0 Å². The molecule has 0 aliphatic heterocycles. The van der Waals surface area contributed by atoms with Crippen molar-refractivity contribution in [1.29, 1.82) is 0 Å². The first kappa shape index (κ1) is 14.0. The quantitative estimate of drug-likeness (QED) is 0.777. The zero-order chi connectivity index (χ0) is 14.5. The Kier molecular flexibility index (Phi) is 4.43. The Morgan fingerprint density at radius 2 is 2.00 bits per heavy atom. The molecule has 0 saturated heterocycles. The van der Waals surface area contributed by atoms with E-state index in [-0.39, 0.29) is 5.91 Å². The summed E-state index contributed by atoms with van der Waals surface area (Å²) in [4.78, 5) is 18.3. The molecule has 106 valence electrons.